The fourth-order valence-corrected chi connectivity index (χ4v) is 5.20. The van der Waals surface area contributed by atoms with Crippen LogP contribution in [0.3, 0.4) is 0 Å². The molecule has 34 heavy (non-hydrogen) atoms. The Kier molecular flexibility index (Phi) is 7.95. The number of hydrogen-bond acceptors (Lipinski definition) is 4. The van der Waals surface area contributed by atoms with Crippen molar-refractivity contribution in [2.75, 3.05) is 13.1 Å². The van der Waals surface area contributed by atoms with Crippen LogP contribution in [-0.2, 0) is 24.4 Å². The number of aryl methyl sites for hydroxylation is 1. The van der Waals surface area contributed by atoms with E-state index in [1.807, 2.05) is 29.7 Å². The maximum absolute atomic E-state index is 12.5. The van der Waals surface area contributed by atoms with E-state index in [1.54, 1.807) is 0 Å². The van der Waals surface area contributed by atoms with E-state index in [1.165, 1.54) is 25.1 Å². The summed E-state index contributed by atoms with van der Waals surface area (Å²) in [6, 6.07) is 16.7. The highest BCUT2D eigenvalue weighted by Crippen LogP contribution is 2.23. The molecule has 0 saturated carbocycles. The van der Waals surface area contributed by atoms with Crippen LogP contribution in [0.4, 0.5) is 0 Å². The van der Waals surface area contributed by atoms with Crippen LogP contribution in [0.1, 0.15) is 43.4 Å². The number of nitrogens with zero attached hydrogens (tertiary/aromatic N) is 3. The predicted molar refractivity (Wildman–Crippen MR) is 139 cm³/mol. The van der Waals surface area contributed by atoms with Gasteiger partial charge in [-0.1, -0.05) is 61.9 Å². The molecule has 0 radical (unpaired) electrons. The van der Waals surface area contributed by atoms with Crippen molar-refractivity contribution in [1.82, 2.24) is 25.0 Å². The van der Waals surface area contributed by atoms with Gasteiger partial charge in [-0.3, -0.25) is 19.4 Å². The molecule has 1 aliphatic heterocycles. The minimum atomic E-state index is -0.00124. The van der Waals surface area contributed by atoms with Gasteiger partial charge in [0, 0.05) is 44.7 Å². The van der Waals surface area contributed by atoms with E-state index in [0.717, 1.165) is 40.9 Å². The summed E-state index contributed by atoms with van der Waals surface area (Å²) in [5.74, 6) is 2.29. The summed E-state index contributed by atoms with van der Waals surface area (Å²) in [5.41, 5.74) is 4.58. The number of piperidine rings is 1. The van der Waals surface area contributed by atoms with Crippen molar-refractivity contribution in [2.45, 2.75) is 53.2 Å². The number of rotatable bonds is 8. The van der Waals surface area contributed by atoms with E-state index in [4.69, 9.17) is 12.2 Å². The van der Waals surface area contributed by atoms with Crippen molar-refractivity contribution in [1.29, 1.82) is 0 Å². The number of nitrogens with one attached hydrogen (secondary N) is 2. The Balaban J connectivity index is 1.27. The lowest BCUT2D eigenvalue weighted by atomic mass is 9.91. The van der Waals surface area contributed by atoms with Crippen molar-refractivity contribution in [2.24, 2.45) is 11.8 Å². The summed E-state index contributed by atoms with van der Waals surface area (Å²) in [6.45, 7) is 11.1. The smallest absolute Gasteiger partial charge is 0.222 e. The quantitative estimate of drug-likeness (QED) is 0.443. The average Bonchev–Trinajstić information content (AvgIpc) is 3.17. The van der Waals surface area contributed by atoms with Gasteiger partial charge in [0.05, 0.1) is 0 Å². The molecule has 2 aromatic carbocycles. The van der Waals surface area contributed by atoms with Crippen molar-refractivity contribution in [3.05, 3.63) is 70.0 Å². The van der Waals surface area contributed by atoms with Crippen LogP contribution in [0.15, 0.2) is 48.5 Å². The van der Waals surface area contributed by atoms with Gasteiger partial charge >= 0.3 is 0 Å². The van der Waals surface area contributed by atoms with Crippen LogP contribution in [-0.4, -0.2) is 38.7 Å². The van der Waals surface area contributed by atoms with Crippen molar-refractivity contribution in [3.63, 3.8) is 0 Å². The number of carbonyl (C=O) groups is 1. The largest absolute Gasteiger partial charge is 0.352 e. The minimum Gasteiger partial charge on any atom is -0.352 e. The first kappa shape index (κ1) is 24.4. The molecule has 7 heteroatoms. The van der Waals surface area contributed by atoms with Gasteiger partial charge in [-0.25, -0.2) is 0 Å². The molecule has 0 spiro atoms. The Labute approximate surface area is 207 Å². The summed E-state index contributed by atoms with van der Waals surface area (Å²) < 4.78 is 2.42. The zero-order valence-electron chi connectivity index (χ0n) is 20.4. The highest BCUT2D eigenvalue weighted by molar-refractivity contribution is 7.71. The molecule has 4 rings (SSSR count). The third-order valence-corrected chi connectivity index (χ3v) is 6.77. The highest BCUT2D eigenvalue weighted by atomic mass is 32.1. The number of H-pyrrole nitrogens is 1. The van der Waals surface area contributed by atoms with Crippen molar-refractivity contribution < 1.29 is 4.79 Å². The number of aromatic nitrogens is 3. The zero-order valence-corrected chi connectivity index (χ0v) is 21.2. The van der Waals surface area contributed by atoms with Crippen molar-refractivity contribution >= 4 is 18.1 Å². The zero-order chi connectivity index (χ0) is 24.1. The average molecular weight is 478 g/mol. The topological polar surface area (TPSA) is 66.0 Å². The molecule has 2 atom stereocenters. The van der Waals surface area contributed by atoms with Gasteiger partial charge in [0.25, 0.3) is 0 Å². The van der Waals surface area contributed by atoms with Gasteiger partial charge in [-0.2, -0.15) is 5.10 Å². The fraction of sp³-hybridized carbons (Fsp3) is 0.444. The van der Waals surface area contributed by atoms with Crippen LogP contribution in [0.25, 0.3) is 11.4 Å². The summed E-state index contributed by atoms with van der Waals surface area (Å²) in [7, 11) is 0. The number of likely N-dealkylation sites (tertiary alicyclic amines) is 1. The third kappa shape index (κ3) is 6.42. The van der Waals surface area contributed by atoms with Crippen LogP contribution >= 0.6 is 12.2 Å². The number of benzene rings is 2. The second kappa shape index (κ2) is 11.1. The summed E-state index contributed by atoms with van der Waals surface area (Å²) >= 11 is 5.39. The first-order chi connectivity index (χ1) is 16.4. The molecule has 3 aromatic rings. The summed E-state index contributed by atoms with van der Waals surface area (Å²) in [5, 5.41) is 10.3. The van der Waals surface area contributed by atoms with Gasteiger partial charge < -0.3 is 5.32 Å². The molecule has 180 valence electrons. The Morgan fingerprint density at radius 1 is 1.12 bits per heavy atom. The summed E-state index contributed by atoms with van der Waals surface area (Å²) in [6.07, 6.45) is 1.67. The first-order valence-corrected chi connectivity index (χ1v) is 12.6. The SMILES string of the molecule is Cc1cccc(-c2n[nH]c(=S)n2CCC(=O)NCc2ccc(CN3C[C@H](C)C[C@H](C)C3)cc2)c1. The van der Waals surface area contributed by atoms with E-state index in [9.17, 15) is 4.79 Å². The van der Waals surface area contributed by atoms with Crippen LogP contribution in [0.2, 0.25) is 0 Å². The van der Waals surface area contributed by atoms with E-state index in [2.05, 4.69) is 64.6 Å². The fourth-order valence-electron chi connectivity index (χ4n) is 4.97. The van der Waals surface area contributed by atoms with E-state index >= 15 is 0 Å². The second-order valence-corrected chi connectivity index (χ2v) is 10.2. The van der Waals surface area contributed by atoms with E-state index in [-0.39, 0.29) is 5.91 Å². The normalized spacial score (nSPS) is 18.7. The van der Waals surface area contributed by atoms with Crippen molar-refractivity contribution in [3.8, 4) is 11.4 Å². The molecule has 2 N–H and O–H groups in total. The van der Waals surface area contributed by atoms with Gasteiger partial charge in [-0.05, 0) is 54.6 Å². The molecule has 0 unspecified atom stereocenters. The molecule has 1 aromatic heterocycles. The number of carbonyl (C=O) groups excluding carboxylic acids is 1. The second-order valence-electron chi connectivity index (χ2n) is 9.86. The Morgan fingerprint density at radius 3 is 2.53 bits per heavy atom. The lowest BCUT2D eigenvalue weighted by Gasteiger charge is -2.35. The molecule has 1 saturated heterocycles. The number of aromatic amines is 1. The standard InChI is InChI=1S/C27H35N5OS/c1-19-5-4-6-24(14-19)26-29-30-27(34)32(26)12-11-25(33)28-15-22-7-9-23(10-8-22)18-31-16-20(2)13-21(3)17-31/h4-10,14,20-21H,11-13,15-18H2,1-3H3,(H,28,33)(H,30,34)/t20-,21+. The maximum Gasteiger partial charge on any atom is 0.222 e. The number of amides is 1. The summed E-state index contributed by atoms with van der Waals surface area (Å²) in [4.78, 5) is 15.1. The lowest BCUT2D eigenvalue weighted by Crippen LogP contribution is -2.38. The van der Waals surface area contributed by atoms with Crippen LogP contribution < -0.4 is 5.32 Å². The molecule has 0 aliphatic carbocycles. The first-order valence-electron chi connectivity index (χ1n) is 12.2. The molecule has 1 aliphatic rings. The van der Waals surface area contributed by atoms with Gasteiger partial charge in [-0.15, -0.1) is 0 Å². The molecule has 2 heterocycles. The third-order valence-electron chi connectivity index (χ3n) is 6.46. The van der Waals surface area contributed by atoms with Crippen LogP contribution in [0.5, 0.6) is 0 Å². The molecular weight excluding hydrogens is 442 g/mol. The Bertz CT molecular complexity index is 1160. The molecule has 6 nitrogen and oxygen atoms in total. The van der Waals surface area contributed by atoms with Crippen LogP contribution in [0, 0.1) is 23.5 Å². The predicted octanol–water partition coefficient (Wildman–Crippen LogP) is 5.10. The van der Waals surface area contributed by atoms with E-state index < -0.39 is 0 Å². The molecule has 1 amide bonds. The number of hydrogen-bond donors (Lipinski definition) is 2. The lowest BCUT2D eigenvalue weighted by molar-refractivity contribution is -0.121. The van der Waals surface area contributed by atoms with Gasteiger partial charge in [0.1, 0.15) is 0 Å². The Morgan fingerprint density at radius 2 is 1.82 bits per heavy atom. The monoisotopic (exact) mass is 477 g/mol. The molecule has 1 fully saturated rings. The van der Waals surface area contributed by atoms with Gasteiger partial charge in [0.15, 0.2) is 10.6 Å². The Hall–Kier alpha value is -2.77. The highest BCUT2D eigenvalue weighted by Gasteiger charge is 2.21. The van der Waals surface area contributed by atoms with E-state index in [0.29, 0.717) is 24.3 Å². The molecular formula is C27H35N5OS. The minimum absolute atomic E-state index is 0.00124. The maximum atomic E-state index is 12.5. The molecule has 0 bridgehead atoms. The van der Waals surface area contributed by atoms with Gasteiger partial charge in [0.2, 0.25) is 5.91 Å².